The van der Waals surface area contributed by atoms with E-state index < -0.39 is 11.7 Å². The van der Waals surface area contributed by atoms with Crippen molar-refractivity contribution in [3.05, 3.63) is 0 Å². The number of hydrogen-bond donors (Lipinski definition) is 1. The molecule has 74 valence electrons. The molecule has 2 heterocycles. The Kier molecular flexibility index (Phi) is 1.65. The molecule has 0 aromatic heterocycles. The predicted octanol–water partition coefficient (Wildman–Crippen LogP) is 0.894. The maximum Gasteiger partial charge on any atom is 0.167 e. The highest BCUT2D eigenvalue weighted by atomic mass is 16.5. The zero-order valence-electron chi connectivity index (χ0n) is 8.33. The van der Waals surface area contributed by atoms with Gasteiger partial charge in [-0.15, -0.1) is 0 Å². The van der Waals surface area contributed by atoms with Gasteiger partial charge in [0, 0.05) is 6.42 Å². The molecule has 0 spiro atoms. The average molecular weight is 184 g/mol. The third kappa shape index (κ3) is 1.07. The van der Waals surface area contributed by atoms with E-state index in [0.717, 1.165) is 0 Å². The molecule has 0 amide bonds. The first kappa shape index (κ1) is 9.16. The summed E-state index contributed by atoms with van der Waals surface area (Å²) >= 11 is 0. The van der Waals surface area contributed by atoms with Crippen molar-refractivity contribution in [1.29, 1.82) is 0 Å². The lowest BCUT2D eigenvalue weighted by atomic mass is 9.66. The molecule has 1 saturated carbocycles. The summed E-state index contributed by atoms with van der Waals surface area (Å²) in [4.78, 5) is 11.6. The summed E-state index contributed by atoms with van der Waals surface area (Å²) < 4.78 is 5.69. The van der Waals surface area contributed by atoms with E-state index in [9.17, 15) is 9.90 Å². The van der Waals surface area contributed by atoms with E-state index in [4.69, 9.17) is 4.74 Å². The van der Waals surface area contributed by atoms with Gasteiger partial charge in [-0.3, -0.25) is 4.79 Å². The predicted molar refractivity (Wildman–Crippen MR) is 47.3 cm³/mol. The molecular formula is C10H16O3. The fraction of sp³-hybridized carbons (Fsp3) is 0.900. The van der Waals surface area contributed by atoms with Crippen LogP contribution in [-0.4, -0.2) is 28.2 Å². The molecular weight excluding hydrogens is 168 g/mol. The normalized spacial score (nSPS) is 48.2. The lowest BCUT2D eigenvalue weighted by Gasteiger charge is -2.54. The molecule has 3 nitrogen and oxygen atoms in total. The Morgan fingerprint density at radius 3 is 2.54 bits per heavy atom. The topological polar surface area (TPSA) is 46.5 Å². The second-order valence-electron chi connectivity index (χ2n) is 4.89. The summed E-state index contributed by atoms with van der Waals surface area (Å²) in [6.07, 6.45) is 0.627. The minimum atomic E-state index is -0.946. The van der Waals surface area contributed by atoms with Crippen LogP contribution in [0.1, 0.15) is 33.6 Å². The molecule has 3 rings (SSSR count). The number of ketones is 1. The Morgan fingerprint density at radius 2 is 2.08 bits per heavy atom. The quantitative estimate of drug-likeness (QED) is 0.608. The summed E-state index contributed by atoms with van der Waals surface area (Å²) in [6.45, 7) is 5.69. The third-order valence-electron chi connectivity index (χ3n) is 3.59. The van der Waals surface area contributed by atoms with Gasteiger partial charge >= 0.3 is 0 Å². The van der Waals surface area contributed by atoms with Crippen molar-refractivity contribution in [3.63, 3.8) is 0 Å². The zero-order valence-corrected chi connectivity index (χ0v) is 8.33. The van der Waals surface area contributed by atoms with Gasteiger partial charge in [0.25, 0.3) is 0 Å². The Morgan fingerprint density at radius 1 is 1.46 bits per heavy atom. The van der Waals surface area contributed by atoms with Gasteiger partial charge in [0.15, 0.2) is 5.78 Å². The molecule has 1 unspecified atom stereocenters. The first-order valence-corrected chi connectivity index (χ1v) is 4.78. The maximum atomic E-state index is 11.6. The van der Waals surface area contributed by atoms with Gasteiger partial charge in [-0.2, -0.15) is 0 Å². The summed E-state index contributed by atoms with van der Waals surface area (Å²) in [5, 5.41) is 9.72. The monoisotopic (exact) mass is 184 g/mol. The SMILES string of the molecule is CC1(C)O[C@@]2(C)C(=O)CC1C[C@H]2O. The molecule has 3 fully saturated rings. The fourth-order valence-corrected chi connectivity index (χ4v) is 2.47. The number of carbonyl (C=O) groups is 1. The molecule has 0 radical (unpaired) electrons. The summed E-state index contributed by atoms with van der Waals surface area (Å²) in [5.41, 5.74) is -1.21. The number of aliphatic hydroxyl groups excluding tert-OH is 1. The lowest BCUT2D eigenvalue weighted by Crippen LogP contribution is -2.66. The van der Waals surface area contributed by atoms with Gasteiger partial charge in [0.05, 0.1) is 11.7 Å². The number of Topliss-reactive ketones (excluding diaryl/α,β-unsaturated/α-hetero) is 1. The highest BCUT2D eigenvalue weighted by molar-refractivity contribution is 5.89. The van der Waals surface area contributed by atoms with Crippen molar-refractivity contribution in [2.75, 3.05) is 0 Å². The molecule has 13 heavy (non-hydrogen) atoms. The second kappa shape index (κ2) is 2.34. The van der Waals surface area contributed by atoms with Crippen LogP contribution in [0.2, 0.25) is 0 Å². The molecule has 2 saturated heterocycles. The molecule has 2 aliphatic heterocycles. The van der Waals surface area contributed by atoms with E-state index in [-0.39, 0.29) is 17.3 Å². The first-order valence-electron chi connectivity index (χ1n) is 4.78. The van der Waals surface area contributed by atoms with E-state index >= 15 is 0 Å². The highest BCUT2D eigenvalue weighted by Crippen LogP contribution is 2.47. The smallest absolute Gasteiger partial charge is 0.167 e. The van der Waals surface area contributed by atoms with Gasteiger partial charge in [-0.05, 0) is 33.1 Å². The van der Waals surface area contributed by atoms with E-state index in [1.807, 2.05) is 13.8 Å². The van der Waals surface area contributed by atoms with Gasteiger partial charge in [-0.25, -0.2) is 0 Å². The standard InChI is InChI=1S/C10H16O3/c1-9(2)6-4-7(11)10(3,13-9)8(12)5-6/h6-7,11H,4-5H2,1-3H3/t6?,7-,10-/m1/s1. The van der Waals surface area contributed by atoms with E-state index in [1.165, 1.54) is 0 Å². The van der Waals surface area contributed by atoms with Crippen LogP contribution in [0.5, 0.6) is 0 Å². The first-order chi connectivity index (χ1) is 5.86. The summed E-state index contributed by atoms with van der Waals surface area (Å²) in [6, 6.07) is 0. The van der Waals surface area contributed by atoms with Crippen LogP contribution in [0.3, 0.4) is 0 Å². The van der Waals surface area contributed by atoms with Crippen LogP contribution in [0.15, 0.2) is 0 Å². The van der Waals surface area contributed by atoms with Crippen LogP contribution in [0.25, 0.3) is 0 Å². The summed E-state index contributed by atoms with van der Waals surface area (Å²) in [5.74, 6) is 0.229. The number of rotatable bonds is 0. The van der Waals surface area contributed by atoms with E-state index in [0.29, 0.717) is 12.8 Å². The fourth-order valence-electron chi connectivity index (χ4n) is 2.47. The van der Waals surface area contributed by atoms with Crippen LogP contribution >= 0.6 is 0 Å². The van der Waals surface area contributed by atoms with Crippen molar-refractivity contribution < 1.29 is 14.6 Å². The largest absolute Gasteiger partial charge is 0.390 e. The Balaban J connectivity index is 2.37. The van der Waals surface area contributed by atoms with Gasteiger partial charge in [0.2, 0.25) is 0 Å². The number of fused-ring (bicyclic) bond motifs is 3. The third-order valence-corrected chi connectivity index (χ3v) is 3.59. The number of carbonyl (C=O) groups excluding carboxylic acids is 1. The maximum absolute atomic E-state index is 11.6. The second-order valence-corrected chi connectivity index (χ2v) is 4.89. The van der Waals surface area contributed by atoms with Crippen LogP contribution in [0.4, 0.5) is 0 Å². The van der Waals surface area contributed by atoms with Gasteiger partial charge in [-0.1, -0.05) is 0 Å². The van der Waals surface area contributed by atoms with Gasteiger partial charge < -0.3 is 9.84 Å². The molecule has 1 aliphatic carbocycles. The molecule has 3 heteroatoms. The zero-order chi connectivity index (χ0) is 9.85. The lowest BCUT2D eigenvalue weighted by molar-refractivity contribution is -0.254. The Hall–Kier alpha value is -0.410. The molecule has 0 aromatic carbocycles. The summed E-state index contributed by atoms with van der Waals surface area (Å²) in [7, 11) is 0. The molecule has 0 aromatic rings. The van der Waals surface area contributed by atoms with Crippen molar-refractivity contribution in [2.24, 2.45) is 5.92 Å². The molecule has 1 N–H and O–H groups in total. The Bertz CT molecular complexity index is 259. The van der Waals surface area contributed by atoms with E-state index in [2.05, 4.69) is 0 Å². The number of aliphatic hydroxyl groups is 1. The molecule has 3 atom stereocenters. The Labute approximate surface area is 78.1 Å². The van der Waals surface area contributed by atoms with Crippen molar-refractivity contribution in [3.8, 4) is 0 Å². The minimum absolute atomic E-state index is 0.0515. The number of ether oxygens (including phenoxy) is 1. The number of hydrogen-bond acceptors (Lipinski definition) is 3. The highest BCUT2D eigenvalue weighted by Gasteiger charge is 2.58. The van der Waals surface area contributed by atoms with Crippen molar-refractivity contribution >= 4 is 5.78 Å². The van der Waals surface area contributed by atoms with Crippen LogP contribution in [0, 0.1) is 5.92 Å². The average Bonchev–Trinajstić information content (AvgIpc) is 1.96. The van der Waals surface area contributed by atoms with Crippen LogP contribution < -0.4 is 0 Å². The molecule has 3 aliphatic rings. The minimum Gasteiger partial charge on any atom is -0.390 e. The molecule has 2 bridgehead atoms. The van der Waals surface area contributed by atoms with Crippen molar-refractivity contribution in [2.45, 2.75) is 50.9 Å². The van der Waals surface area contributed by atoms with Crippen LogP contribution in [-0.2, 0) is 9.53 Å². The van der Waals surface area contributed by atoms with Crippen molar-refractivity contribution in [1.82, 2.24) is 0 Å². The van der Waals surface area contributed by atoms with E-state index in [1.54, 1.807) is 6.92 Å². The van der Waals surface area contributed by atoms with Gasteiger partial charge in [0.1, 0.15) is 5.60 Å².